The van der Waals surface area contributed by atoms with Gasteiger partial charge < -0.3 is 21.3 Å². The van der Waals surface area contributed by atoms with Crippen LogP contribution in [0.5, 0.6) is 0 Å². The molecule has 136 valence electrons. The lowest BCUT2D eigenvalue weighted by atomic mass is 10.0. The smallest absolute Gasteiger partial charge is 0.318 e. The van der Waals surface area contributed by atoms with Gasteiger partial charge in [0, 0.05) is 25.3 Å². The number of nitrogen functional groups attached to an aromatic ring is 1. The van der Waals surface area contributed by atoms with Crippen molar-refractivity contribution in [3.8, 4) is 0 Å². The van der Waals surface area contributed by atoms with E-state index in [-0.39, 0.29) is 18.5 Å². The molecule has 0 aromatic heterocycles. The maximum Gasteiger partial charge on any atom is 0.318 e. The third-order valence-corrected chi connectivity index (χ3v) is 4.53. The predicted octanol–water partition coefficient (Wildman–Crippen LogP) is 1.70. The summed E-state index contributed by atoms with van der Waals surface area (Å²) in [6.45, 7) is 1.76. The third-order valence-electron chi connectivity index (χ3n) is 4.53. The van der Waals surface area contributed by atoms with Gasteiger partial charge in [-0.1, -0.05) is 36.4 Å². The van der Waals surface area contributed by atoms with Gasteiger partial charge in [-0.15, -0.1) is 0 Å². The average Bonchev–Trinajstić information content (AvgIpc) is 2.67. The van der Waals surface area contributed by atoms with Gasteiger partial charge in [0.15, 0.2) is 0 Å². The molecule has 0 saturated heterocycles. The largest absolute Gasteiger partial charge is 0.399 e. The first-order valence-corrected chi connectivity index (χ1v) is 8.82. The van der Waals surface area contributed by atoms with E-state index in [9.17, 15) is 9.59 Å². The lowest BCUT2D eigenvalue weighted by Crippen LogP contribution is -2.46. The van der Waals surface area contributed by atoms with Crippen LogP contribution in [0.3, 0.4) is 0 Å². The van der Waals surface area contributed by atoms with E-state index in [1.165, 1.54) is 11.1 Å². The first-order chi connectivity index (χ1) is 12.6. The van der Waals surface area contributed by atoms with Gasteiger partial charge >= 0.3 is 6.03 Å². The lowest BCUT2D eigenvalue weighted by molar-refractivity contribution is -0.120. The molecule has 0 unspecified atom stereocenters. The Morgan fingerprint density at radius 3 is 2.50 bits per heavy atom. The zero-order chi connectivity index (χ0) is 18.4. The van der Waals surface area contributed by atoms with Gasteiger partial charge in [0.1, 0.15) is 0 Å². The minimum atomic E-state index is -0.201. The molecule has 3 rings (SSSR count). The number of amides is 3. The zero-order valence-electron chi connectivity index (χ0n) is 14.7. The second-order valence-corrected chi connectivity index (χ2v) is 6.44. The maximum absolute atomic E-state index is 12.3. The molecular formula is C20H24N4O2. The fourth-order valence-electron chi connectivity index (χ4n) is 3.03. The molecule has 2 aromatic carbocycles. The average molecular weight is 352 g/mol. The molecule has 0 spiro atoms. The Morgan fingerprint density at radius 2 is 1.73 bits per heavy atom. The maximum atomic E-state index is 12.3. The number of nitrogens with zero attached hydrogens (tertiary/aromatic N) is 1. The Hall–Kier alpha value is -3.02. The molecule has 1 aliphatic rings. The van der Waals surface area contributed by atoms with Crippen molar-refractivity contribution in [2.75, 3.05) is 25.4 Å². The van der Waals surface area contributed by atoms with Crippen molar-refractivity contribution in [2.45, 2.75) is 19.4 Å². The van der Waals surface area contributed by atoms with E-state index in [0.29, 0.717) is 19.6 Å². The van der Waals surface area contributed by atoms with Crippen LogP contribution in [0.4, 0.5) is 10.5 Å². The minimum Gasteiger partial charge on any atom is -0.399 e. The van der Waals surface area contributed by atoms with E-state index in [1.54, 1.807) is 4.90 Å². The van der Waals surface area contributed by atoms with Crippen molar-refractivity contribution in [1.82, 2.24) is 15.5 Å². The third kappa shape index (κ3) is 4.75. The van der Waals surface area contributed by atoms with Crippen LogP contribution in [0.2, 0.25) is 0 Å². The standard InChI is InChI=1S/C20H24N4O2/c21-18-7-5-15(6-8-18)9-11-22-19(25)13-23-20(26)24-12-10-16-3-1-2-4-17(16)14-24/h1-8H,9-14,21H2,(H,22,25)(H,23,26). The van der Waals surface area contributed by atoms with Crippen molar-refractivity contribution >= 4 is 17.6 Å². The molecule has 0 saturated carbocycles. The van der Waals surface area contributed by atoms with Crippen molar-refractivity contribution < 1.29 is 9.59 Å². The molecule has 3 amide bonds. The second-order valence-electron chi connectivity index (χ2n) is 6.44. The highest BCUT2D eigenvalue weighted by molar-refractivity contribution is 5.84. The molecule has 0 fully saturated rings. The minimum absolute atomic E-state index is 0.0152. The van der Waals surface area contributed by atoms with Gasteiger partial charge in [-0.25, -0.2) is 4.79 Å². The van der Waals surface area contributed by atoms with Crippen LogP contribution in [-0.4, -0.2) is 36.5 Å². The Balaban J connectivity index is 1.37. The van der Waals surface area contributed by atoms with E-state index >= 15 is 0 Å². The summed E-state index contributed by atoms with van der Waals surface area (Å²) >= 11 is 0. The van der Waals surface area contributed by atoms with Gasteiger partial charge in [0.25, 0.3) is 0 Å². The normalized spacial score (nSPS) is 13.0. The molecule has 0 atom stereocenters. The summed E-state index contributed by atoms with van der Waals surface area (Å²) in [5.41, 5.74) is 9.93. The summed E-state index contributed by atoms with van der Waals surface area (Å²) in [6, 6.07) is 15.5. The Labute approximate surface area is 153 Å². The van der Waals surface area contributed by atoms with Crippen LogP contribution >= 0.6 is 0 Å². The van der Waals surface area contributed by atoms with Gasteiger partial charge in [-0.2, -0.15) is 0 Å². The monoisotopic (exact) mass is 352 g/mol. The molecule has 0 aliphatic carbocycles. The van der Waals surface area contributed by atoms with Gasteiger partial charge in [0.2, 0.25) is 5.91 Å². The molecule has 4 N–H and O–H groups in total. The highest BCUT2D eigenvalue weighted by Crippen LogP contribution is 2.18. The number of urea groups is 1. The summed E-state index contributed by atoms with van der Waals surface area (Å²) in [4.78, 5) is 25.9. The fraction of sp³-hybridized carbons (Fsp3) is 0.300. The van der Waals surface area contributed by atoms with Crippen molar-refractivity contribution in [1.29, 1.82) is 0 Å². The molecule has 0 bridgehead atoms. The first-order valence-electron chi connectivity index (χ1n) is 8.82. The number of anilines is 1. The van der Waals surface area contributed by atoms with Crippen LogP contribution < -0.4 is 16.4 Å². The Bertz CT molecular complexity index is 774. The molecular weight excluding hydrogens is 328 g/mol. The van der Waals surface area contributed by atoms with E-state index in [4.69, 9.17) is 5.73 Å². The van der Waals surface area contributed by atoms with Crippen molar-refractivity contribution in [3.63, 3.8) is 0 Å². The fourth-order valence-corrected chi connectivity index (χ4v) is 3.03. The molecule has 0 radical (unpaired) electrons. The number of fused-ring (bicyclic) bond motifs is 1. The summed E-state index contributed by atoms with van der Waals surface area (Å²) in [6.07, 6.45) is 1.57. The summed E-state index contributed by atoms with van der Waals surface area (Å²) in [7, 11) is 0. The van der Waals surface area contributed by atoms with Crippen LogP contribution in [-0.2, 0) is 24.2 Å². The second kappa shape index (κ2) is 8.38. The highest BCUT2D eigenvalue weighted by atomic mass is 16.2. The topological polar surface area (TPSA) is 87.5 Å². The number of rotatable bonds is 5. The number of hydrogen-bond donors (Lipinski definition) is 3. The van der Waals surface area contributed by atoms with Gasteiger partial charge in [0.05, 0.1) is 6.54 Å². The van der Waals surface area contributed by atoms with Crippen LogP contribution in [0.1, 0.15) is 16.7 Å². The van der Waals surface area contributed by atoms with Crippen molar-refractivity contribution in [2.24, 2.45) is 0 Å². The quantitative estimate of drug-likeness (QED) is 0.716. The van der Waals surface area contributed by atoms with Crippen LogP contribution in [0.15, 0.2) is 48.5 Å². The highest BCUT2D eigenvalue weighted by Gasteiger charge is 2.20. The van der Waals surface area contributed by atoms with E-state index < -0.39 is 0 Å². The number of carbonyl (C=O) groups excluding carboxylic acids is 2. The van der Waals surface area contributed by atoms with Crippen molar-refractivity contribution in [3.05, 3.63) is 65.2 Å². The number of hydrogen-bond acceptors (Lipinski definition) is 3. The SMILES string of the molecule is Nc1ccc(CCNC(=O)CNC(=O)N2CCc3ccccc3C2)cc1. The first kappa shape index (κ1) is 17.8. The molecule has 6 nitrogen and oxygen atoms in total. The number of nitrogens with one attached hydrogen (secondary N) is 2. The molecule has 26 heavy (non-hydrogen) atoms. The Morgan fingerprint density at radius 1 is 1.00 bits per heavy atom. The number of carbonyl (C=O) groups is 2. The number of nitrogens with two attached hydrogens (primary N) is 1. The summed E-state index contributed by atoms with van der Waals surface area (Å²) in [5, 5.41) is 5.51. The van der Waals surface area contributed by atoms with Gasteiger partial charge in [-0.3, -0.25) is 4.79 Å². The van der Waals surface area contributed by atoms with E-state index in [0.717, 1.165) is 24.1 Å². The zero-order valence-corrected chi connectivity index (χ0v) is 14.7. The summed E-state index contributed by atoms with van der Waals surface area (Å²) in [5.74, 6) is -0.189. The van der Waals surface area contributed by atoms with E-state index in [2.05, 4.69) is 16.7 Å². The lowest BCUT2D eigenvalue weighted by Gasteiger charge is -2.28. The molecule has 6 heteroatoms. The van der Waals surface area contributed by atoms with E-state index in [1.807, 2.05) is 42.5 Å². The van der Waals surface area contributed by atoms with Crippen LogP contribution in [0, 0.1) is 0 Å². The number of benzene rings is 2. The molecule has 1 heterocycles. The molecule has 1 aliphatic heterocycles. The molecule has 2 aromatic rings. The predicted molar refractivity (Wildman–Crippen MR) is 102 cm³/mol. The summed E-state index contributed by atoms with van der Waals surface area (Å²) < 4.78 is 0. The van der Waals surface area contributed by atoms with Crippen LogP contribution in [0.25, 0.3) is 0 Å². The Kier molecular flexibility index (Phi) is 5.73. The van der Waals surface area contributed by atoms with Gasteiger partial charge in [-0.05, 0) is 41.7 Å².